The van der Waals surface area contributed by atoms with Crippen LogP contribution in [0.25, 0.3) is 0 Å². The lowest BCUT2D eigenvalue weighted by atomic mass is 9.95. The number of nitrogens with one attached hydrogen (secondary N) is 1. The smallest absolute Gasteiger partial charge is 0.251 e. The quantitative estimate of drug-likeness (QED) is 0.753. The second-order valence-corrected chi connectivity index (χ2v) is 10.9. The van der Waals surface area contributed by atoms with Crippen molar-refractivity contribution in [3.8, 4) is 0 Å². The minimum absolute atomic E-state index is 0.0337. The van der Waals surface area contributed by atoms with Crippen LogP contribution in [0.1, 0.15) is 52.7 Å². The highest BCUT2D eigenvalue weighted by Crippen LogP contribution is 2.44. The van der Waals surface area contributed by atoms with Gasteiger partial charge in [-0.2, -0.15) is 0 Å². The lowest BCUT2D eigenvalue weighted by molar-refractivity contribution is 0.0923. The summed E-state index contributed by atoms with van der Waals surface area (Å²) in [6, 6.07) is 13.4. The van der Waals surface area contributed by atoms with Crippen LogP contribution in [0.5, 0.6) is 0 Å². The van der Waals surface area contributed by atoms with Crippen LogP contribution in [0, 0.1) is 25.7 Å². The lowest BCUT2D eigenvalue weighted by Crippen LogP contribution is -2.38. The number of carbonyl (C=O) groups is 1. The summed E-state index contributed by atoms with van der Waals surface area (Å²) in [7, 11) is -3.45. The van der Waals surface area contributed by atoms with Crippen LogP contribution in [0.2, 0.25) is 0 Å². The van der Waals surface area contributed by atoms with E-state index in [2.05, 4.69) is 5.32 Å². The second kappa shape index (κ2) is 8.06. The van der Waals surface area contributed by atoms with Crippen molar-refractivity contribution in [1.29, 1.82) is 0 Å². The topological polar surface area (TPSA) is 66.5 Å². The van der Waals surface area contributed by atoms with Crippen molar-refractivity contribution in [1.82, 2.24) is 5.32 Å². The van der Waals surface area contributed by atoms with Crippen molar-refractivity contribution in [3.63, 3.8) is 0 Å². The summed E-state index contributed by atoms with van der Waals surface area (Å²) in [4.78, 5) is 12.7. The number of benzene rings is 2. The number of sulfonamides is 1. The molecule has 1 N–H and O–H groups in total. The van der Waals surface area contributed by atoms with E-state index in [-0.39, 0.29) is 12.5 Å². The van der Waals surface area contributed by atoms with E-state index in [4.69, 9.17) is 0 Å². The summed E-state index contributed by atoms with van der Waals surface area (Å²) in [5.74, 6) is 1.39. The zero-order chi connectivity index (χ0) is 21.5. The van der Waals surface area contributed by atoms with Gasteiger partial charge in [-0.3, -0.25) is 9.10 Å². The number of aryl methyl sites for hydroxylation is 2. The Morgan fingerprint density at radius 3 is 2.40 bits per heavy atom. The Labute approximate surface area is 179 Å². The van der Waals surface area contributed by atoms with Crippen LogP contribution in [0.3, 0.4) is 0 Å². The van der Waals surface area contributed by atoms with Gasteiger partial charge in [0.2, 0.25) is 10.0 Å². The molecule has 2 fully saturated rings. The van der Waals surface area contributed by atoms with Gasteiger partial charge in [0.15, 0.2) is 0 Å². The number of amides is 1. The average molecular weight is 427 g/mol. The van der Waals surface area contributed by atoms with Crippen molar-refractivity contribution < 1.29 is 13.2 Å². The van der Waals surface area contributed by atoms with Crippen LogP contribution in [0.15, 0.2) is 42.5 Å². The number of rotatable bonds is 6. The van der Waals surface area contributed by atoms with Crippen molar-refractivity contribution in [2.45, 2.75) is 52.1 Å². The first-order valence-corrected chi connectivity index (χ1v) is 12.5. The van der Waals surface area contributed by atoms with E-state index in [9.17, 15) is 13.2 Å². The highest BCUT2D eigenvalue weighted by molar-refractivity contribution is 7.92. The molecule has 1 amide bonds. The van der Waals surface area contributed by atoms with Gasteiger partial charge >= 0.3 is 0 Å². The molecule has 30 heavy (non-hydrogen) atoms. The van der Waals surface area contributed by atoms with E-state index < -0.39 is 10.0 Å². The third-order valence-electron chi connectivity index (χ3n) is 6.63. The first-order chi connectivity index (χ1) is 14.2. The molecule has 5 nitrogen and oxygen atoms in total. The minimum atomic E-state index is -3.45. The largest absolute Gasteiger partial charge is 0.349 e. The molecule has 4 rings (SSSR count). The van der Waals surface area contributed by atoms with Gasteiger partial charge < -0.3 is 5.32 Å². The number of carbonyl (C=O) groups excluding carboxylic acids is 1. The number of anilines is 1. The maximum absolute atomic E-state index is 12.7. The summed E-state index contributed by atoms with van der Waals surface area (Å²) in [6.45, 7) is 4.10. The highest BCUT2D eigenvalue weighted by atomic mass is 32.2. The molecule has 2 aliphatic carbocycles. The molecule has 0 radical (unpaired) electrons. The Bertz CT molecular complexity index is 1050. The molecule has 0 unspecified atom stereocenters. The summed E-state index contributed by atoms with van der Waals surface area (Å²) in [5, 5.41) is 3.21. The zero-order valence-electron chi connectivity index (χ0n) is 17.9. The number of nitrogens with zero attached hydrogens (tertiary/aromatic N) is 1. The second-order valence-electron chi connectivity index (χ2n) is 9.01. The molecule has 2 bridgehead atoms. The molecule has 0 heterocycles. The summed E-state index contributed by atoms with van der Waals surface area (Å²) in [6.07, 6.45) is 6.13. The molecule has 0 aromatic heterocycles. The van der Waals surface area contributed by atoms with Gasteiger partial charge in [-0.25, -0.2) is 8.42 Å². The van der Waals surface area contributed by atoms with E-state index in [1.807, 2.05) is 44.2 Å². The highest BCUT2D eigenvalue weighted by Gasteiger charge is 2.40. The Balaban J connectivity index is 1.48. The van der Waals surface area contributed by atoms with Gasteiger partial charge in [0.05, 0.1) is 18.5 Å². The molecule has 2 aromatic carbocycles. The van der Waals surface area contributed by atoms with Crippen molar-refractivity contribution >= 4 is 21.6 Å². The molecule has 0 saturated heterocycles. The van der Waals surface area contributed by atoms with Crippen LogP contribution < -0.4 is 9.62 Å². The first kappa shape index (κ1) is 20.9. The molecule has 3 atom stereocenters. The normalized spacial score (nSPS) is 22.8. The minimum Gasteiger partial charge on any atom is -0.349 e. The van der Waals surface area contributed by atoms with Crippen LogP contribution in [-0.2, 0) is 16.6 Å². The maximum atomic E-state index is 12.7. The van der Waals surface area contributed by atoms with Crippen molar-refractivity contribution in [2.75, 3.05) is 10.6 Å². The molecular formula is C24H30N2O3S. The summed E-state index contributed by atoms with van der Waals surface area (Å²) < 4.78 is 26.4. The zero-order valence-corrected chi connectivity index (χ0v) is 18.7. The van der Waals surface area contributed by atoms with E-state index in [0.717, 1.165) is 29.0 Å². The summed E-state index contributed by atoms with van der Waals surface area (Å²) >= 11 is 0. The van der Waals surface area contributed by atoms with Crippen LogP contribution in [-0.4, -0.2) is 26.6 Å². The number of hydrogen-bond donors (Lipinski definition) is 1. The van der Waals surface area contributed by atoms with Gasteiger partial charge in [0, 0.05) is 11.6 Å². The molecular weight excluding hydrogens is 396 g/mol. The maximum Gasteiger partial charge on any atom is 0.251 e. The van der Waals surface area contributed by atoms with E-state index in [1.54, 1.807) is 12.1 Å². The number of fused-ring (bicyclic) bond motifs is 2. The fourth-order valence-electron chi connectivity index (χ4n) is 4.97. The van der Waals surface area contributed by atoms with Crippen LogP contribution in [0.4, 0.5) is 5.69 Å². The van der Waals surface area contributed by atoms with Crippen molar-refractivity contribution in [2.24, 2.45) is 11.8 Å². The predicted molar refractivity (Wildman–Crippen MR) is 120 cm³/mol. The Morgan fingerprint density at radius 2 is 1.80 bits per heavy atom. The molecule has 2 saturated carbocycles. The average Bonchev–Trinajstić information content (AvgIpc) is 3.31. The lowest BCUT2D eigenvalue weighted by Gasteiger charge is -2.25. The summed E-state index contributed by atoms with van der Waals surface area (Å²) in [5.41, 5.74) is 4.08. The van der Waals surface area contributed by atoms with Crippen LogP contribution >= 0.6 is 0 Å². The third-order valence-corrected chi connectivity index (χ3v) is 7.76. The fourth-order valence-corrected chi connectivity index (χ4v) is 5.91. The fraction of sp³-hybridized carbons (Fsp3) is 0.458. The van der Waals surface area contributed by atoms with E-state index in [1.165, 1.54) is 29.8 Å². The standard InChI is InChI=1S/C24H30N2O3S/c1-16-4-5-17(2)23(12-16)26(30(3,28)29)15-18-6-9-20(10-7-18)24(27)25-22-14-19-8-11-21(22)13-19/h4-7,9-10,12,19,21-22H,8,11,13-15H2,1-3H3,(H,25,27)/t19-,21-,22-/m0/s1. The molecule has 2 aliphatic rings. The number of hydrogen-bond acceptors (Lipinski definition) is 3. The van der Waals surface area contributed by atoms with Gasteiger partial charge in [0.1, 0.15) is 0 Å². The SMILES string of the molecule is Cc1ccc(C)c(N(Cc2ccc(C(=O)N[C@H]3C[C@H]4CC[C@H]3C4)cc2)S(C)(=O)=O)c1. The molecule has 6 heteroatoms. The first-order valence-electron chi connectivity index (χ1n) is 10.7. The Hall–Kier alpha value is -2.34. The van der Waals surface area contributed by atoms with Gasteiger partial charge in [0.25, 0.3) is 5.91 Å². The molecule has 2 aromatic rings. The predicted octanol–water partition coefficient (Wildman–Crippen LogP) is 4.19. The van der Waals surface area contributed by atoms with Gasteiger partial charge in [-0.1, -0.05) is 30.7 Å². The Morgan fingerprint density at radius 1 is 1.07 bits per heavy atom. The van der Waals surface area contributed by atoms with Crippen molar-refractivity contribution in [3.05, 3.63) is 64.7 Å². The monoisotopic (exact) mass is 426 g/mol. The van der Waals surface area contributed by atoms with E-state index in [0.29, 0.717) is 23.2 Å². The van der Waals surface area contributed by atoms with Gasteiger partial charge in [-0.05, 0) is 79.8 Å². The van der Waals surface area contributed by atoms with E-state index >= 15 is 0 Å². The Kier molecular flexibility index (Phi) is 5.62. The molecule has 0 aliphatic heterocycles. The third kappa shape index (κ3) is 4.38. The molecule has 160 valence electrons. The molecule has 0 spiro atoms. The van der Waals surface area contributed by atoms with Gasteiger partial charge in [-0.15, -0.1) is 0 Å².